The van der Waals surface area contributed by atoms with Crippen molar-refractivity contribution >= 4 is 17.5 Å². The fraction of sp³-hybridized carbons (Fsp3) is 0.150. The number of benzene rings is 2. The molecule has 1 heterocycles. The largest absolute Gasteiger partial charge is 0.416 e. The Bertz CT molecular complexity index is 1110. The van der Waals surface area contributed by atoms with Crippen LogP contribution in [0.15, 0.2) is 59.4 Å². The Morgan fingerprint density at radius 2 is 1.83 bits per heavy atom. The number of nitrogens with one attached hydrogen (secondary N) is 1. The SMILES string of the molecule is Cc1cc(=O)c(C(=O)NCc2cccc(C(F)(F)F)c2)nn1-c1ccc(Cl)cc1. The average molecular weight is 422 g/mol. The van der Waals surface area contributed by atoms with Crippen LogP contribution in [-0.4, -0.2) is 15.7 Å². The zero-order valence-electron chi connectivity index (χ0n) is 15.1. The van der Waals surface area contributed by atoms with Gasteiger partial charge in [0.25, 0.3) is 5.91 Å². The van der Waals surface area contributed by atoms with Crippen molar-refractivity contribution in [3.63, 3.8) is 0 Å². The summed E-state index contributed by atoms with van der Waals surface area (Å²) in [4.78, 5) is 24.6. The molecule has 3 aromatic rings. The van der Waals surface area contributed by atoms with Gasteiger partial charge in [0.15, 0.2) is 5.69 Å². The third kappa shape index (κ3) is 4.83. The highest BCUT2D eigenvalue weighted by Crippen LogP contribution is 2.29. The molecule has 5 nitrogen and oxygen atoms in total. The molecule has 0 spiro atoms. The standard InChI is InChI=1S/C20H15ClF3N3O2/c1-12-9-17(28)18(26-27(12)16-7-5-15(21)6-8-16)19(29)25-11-13-3-2-4-14(10-13)20(22,23)24/h2-10H,11H2,1H3,(H,25,29). The number of amides is 1. The highest BCUT2D eigenvalue weighted by molar-refractivity contribution is 6.30. The van der Waals surface area contributed by atoms with Crippen LogP contribution in [0.4, 0.5) is 13.2 Å². The zero-order chi connectivity index (χ0) is 21.2. The lowest BCUT2D eigenvalue weighted by atomic mass is 10.1. The Morgan fingerprint density at radius 1 is 1.14 bits per heavy atom. The number of carbonyl (C=O) groups is 1. The molecule has 0 saturated heterocycles. The molecule has 0 atom stereocenters. The first-order chi connectivity index (χ1) is 13.6. The van der Waals surface area contributed by atoms with Gasteiger partial charge in [-0.2, -0.15) is 18.3 Å². The smallest absolute Gasteiger partial charge is 0.346 e. The first-order valence-electron chi connectivity index (χ1n) is 8.46. The predicted molar refractivity (Wildman–Crippen MR) is 102 cm³/mol. The van der Waals surface area contributed by atoms with Crippen LogP contribution in [0, 0.1) is 6.92 Å². The van der Waals surface area contributed by atoms with E-state index in [0.717, 1.165) is 12.1 Å². The second kappa shape index (κ2) is 8.08. The highest BCUT2D eigenvalue weighted by atomic mass is 35.5. The van der Waals surface area contributed by atoms with E-state index >= 15 is 0 Å². The summed E-state index contributed by atoms with van der Waals surface area (Å²) in [7, 11) is 0. The molecule has 0 unspecified atom stereocenters. The molecule has 1 amide bonds. The molecule has 0 aliphatic heterocycles. The van der Waals surface area contributed by atoms with Gasteiger partial charge in [-0.15, -0.1) is 0 Å². The number of nitrogens with zero attached hydrogens (tertiary/aromatic N) is 2. The second-order valence-electron chi connectivity index (χ2n) is 6.27. The summed E-state index contributed by atoms with van der Waals surface area (Å²) in [5, 5.41) is 7.07. The Hall–Kier alpha value is -3.13. The molecule has 0 bridgehead atoms. The molecule has 2 aromatic carbocycles. The van der Waals surface area contributed by atoms with Crippen molar-refractivity contribution in [3.8, 4) is 5.69 Å². The van der Waals surface area contributed by atoms with Gasteiger partial charge in [-0.3, -0.25) is 9.59 Å². The summed E-state index contributed by atoms with van der Waals surface area (Å²) in [6, 6.07) is 12.5. The molecular formula is C20H15ClF3N3O2. The first kappa shape index (κ1) is 20.6. The van der Waals surface area contributed by atoms with Gasteiger partial charge in [0.2, 0.25) is 5.43 Å². The summed E-state index contributed by atoms with van der Waals surface area (Å²) in [5.74, 6) is -0.782. The van der Waals surface area contributed by atoms with Crippen LogP contribution in [0.25, 0.3) is 5.69 Å². The maximum absolute atomic E-state index is 12.8. The number of alkyl halides is 3. The molecule has 9 heteroatoms. The molecule has 0 radical (unpaired) electrons. The van der Waals surface area contributed by atoms with E-state index in [4.69, 9.17) is 11.6 Å². The van der Waals surface area contributed by atoms with Crippen molar-refractivity contribution in [2.75, 3.05) is 0 Å². The molecular weight excluding hydrogens is 407 g/mol. The van der Waals surface area contributed by atoms with Gasteiger partial charge in [0.05, 0.1) is 11.3 Å². The van der Waals surface area contributed by atoms with E-state index in [1.807, 2.05) is 0 Å². The quantitative estimate of drug-likeness (QED) is 0.688. The van der Waals surface area contributed by atoms with Crippen LogP contribution in [0.1, 0.15) is 27.3 Å². The van der Waals surface area contributed by atoms with Crippen molar-refractivity contribution in [2.45, 2.75) is 19.6 Å². The van der Waals surface area contributed by atoms with E-state index in [-0.39, 0.29) is 17.8 Å². The second-order valence-corrected chi connectivity index (χ2v) is 6.70. The van der Waals surface area contributed by atoms with Crippen LogP contribution >= 0.6 is 11.6 Å². The topological polar surface area (TPSA) is 64.0 Å². The molecule has 1 aromatic heterocycles. The van der Waals surface area contributed by atoms with Crippen LogP contribution in [0.5, 0.6) is 0 Å². The summed E-state index contributed by atoms with van der Waals surface area (Å²) in [6.07, 6.45) is -4.48. The Morgan fingerprint density at radius 3 is 2.48 bits per heavy atom. The minimum Gasteiger partial charge on any atom is -0.346 e. The van der Waals surface area contributed by atoms with Crippen molar-refractivity contribution in [2.24, 2.45) is 0 Å². The molecule has 0 fully saturated rings. The maximum atomic E-state index is 12.8. The number of aryl methyl sites for hydroxylation is 1. The molecule has 150 valence electrons. The number of hydrogen-bond acceptors (Lipinski definition) is 3. The van der Waals surface area contributed by atoms with E-state index in [0.29, 0.717) is 16.4 Å². The minimum atomic E-state index is -4.48. The van der Waals surface area contributed by atoms with E-state index in [9.17, 15) is 22.8 Å². The number of rotatable bonds is 4. The molecule has 0 aliphatic rings. The van der Waals surface area contributed by atoms with Crippen LogP contribution in [0.2, 0.25) is 5.02 Å². The van der Waals surface area contributed by atoms with E-state index < -0.39 is 23.1 Å². The van der Waals surface area contributed by atoms with Gasteiger partial charge >= 0.3 is 6.18 Å². The molecule has 29 heavy (non-hydrogen) atoms. The first-order valence-corrected chi connectivity index (χ1v) is 8.84. The van der Waals surface area contributed by atoms with Crippen LogP contribution in [-0.2, 0) is 12.7 Å². The molecule has 3 rings (SSSR count). The number of aromatic nitrogens is 2. The summed E-state index contributed by atoms with van der Waals surface area (Å²) in [6.45, 7) is 1.48. The van der Waals surface area contributed by atoms with Crippen molar-refractivity contribution < 1.29 is 18.0 Å². The van der Waals surface area contributed by atoms with Crippen molar-refractivity contribution in [1.82, 2.24) is 15.1 Å². The average Bonchev–Trinajstić information content (AvgIpc) is 2.67. The van der Waals surface area contributed by atoms with Gasteiger partial charge in [-0.1, -0.05) is 23.7 Å². The van der Waals surface area contributed by atoms with Gasteiger partial charge in [0.1, 0.15) is 0 Å². The molecule has 0 aliphatic carbocycles. The maximum Gasteiger partial charge on any atom is 0.416 e. The summed E-state index contributed by atoms with van der Waals surface area (Å²) >= 11 is 5.87. The Labute approximate surface area is 168 Å². The summed E-state index contributed by atoms with van der Waals surface area (Å²) < 4.78 is 39.8. The fourth-order valence-corrected chi connectivity index (χ4v) is 2.80. The fourth-order valence-electron chi connectivity index (χ4n) is 2.67. The predicted octanol–water partition coefficient (Wildman–Crippen LogP) is 4.14. The van der Waals surface area contributed by atoms with E-state index in [2.05, 4.69) is 10.4 Å². The minimum absolute atomic E-state index is 0.182. The lowest BCUT2D eigenvalue weighted by Crippen LogP contribution is -2.31. The van der Waals surface area contributed by atoms with Crippen molar-refractivity contribution in [3.05, 3.63) is 92.4 Å². The lowest BCUT2D eigenvalue weighted by molar-refractivity contribution is -0.137. The monoisotopic (exact) mass is 421 g/mol. The van der Waals surface area contributed by atoms with Crippen LogP contribution in [0.3, 0.4) is 0 Å². The van der Waals surface area contributed by atoms with Crippen molar-refractivity contribution in [1.29, 1.82) is 0 Å². The number of halogens is 4. The van der Waals surface area contributed by atoms with E-state index in [1.165, 1.54) is 22.9 Å². The Kier molecular flexibility index (Phi) is 5.74. The Balaban J connectivity index is 1.83. The normalized spacial score (nSPS) is 11.3. The number of carbonyl (C=O) groups excluding carboxylic acids is 1. The van der Waals surface area contributed by atoms with Gasteiger partial charge < -0.3 is 5.32 Å². The van der Waals surface area contributed by atoms with Crippen LogP contribution < -0.4 is 10.7 Å². The van der Waals surface area contributed by atoms with Gasteiger partial charge in [-0.05, 0) is 48.9 Å². The van der Waals surface area contributed by atoms with Gasteiger partial charge in [-0.25, -0.2) is 4.68 Å². The zero-order valence-corrected chi connectivity index (χ0v) is 15.9. The lowest BCUT2D eigenvalue weighted by Gasteiger charge is -2.12. The summed E-state index contributed by atoms with van der Waals surface area (Å²) in [5.41, 5.74) is -0.418. The molecule has 1 N–H and O–H groups in total. The molecule has 0 saturated carbocycles. The van der Waals surface area contributed by atoms with Gasteiger partial charge in [0, 0.05) is 23.3 Å². The third-order valence-electron chi connectivity index (χ3n) is 4.10. The highest BCUT2D eigenvalue weighted by Gasteiger charge is 2.30. The number of hydrogen-bond donors (Lipinski definition) is 1. The van der Waals surface area contributed by atoms with E-state index in [1.54, 1.807) is 31.2 Å². The third-order valence-corrected chi connectivity index (χ3v) is 4.35.